The highest BCUT2D eigenvalue weighted by atomic mass is 35.6. The van der Waals surface area contributed by atoms with E-state index in [0.717, 1.165) is 0 Å². The number of para-hydroxylation sites is 2. The Morgan fingerprint density at radius 2 is 1.54 bits per heavy atom. The number of benzene rings is 2. The molecule has 0 spiro atoms. The largest absolute Gasteiger partial charge is 0.497 e. The van der Waals surface area contributed by atoms with Gasteiger partial charge in [-0.25, -0.2) is 5.32 Å². The van der Waals surface area contributed by atoms with Gasteiger partial charge in [-0.1, -0.05) is 46.9 Å². The fraction of sp³-hybridized carbons (Fsp3) is 0.235. The second-order valence-corrected chi connectivity index (χ2v) is 7.90. The normalized spacial score (nSPS) is 16.0. The summed E-state index contributed by atoms with van der Waals surface area (Å²) in [5.41, 5.74) is 0.107. The Bertz CT molecular complexity index is 859. The highest BCUT2D eigenvalue weighted by Crippen LogP contribution is 2.46. The molecule has 0 aliphatic carbocycles. The van der Waals surface area contributed by atoms with E-state index in [-0.39, 0.29) is 17.2 Å². The maximum atomic E-state index is 13.7. The molecular formula is C17H13Cl3F3N2O3+. The molecule has 0 unspecified atom stereocenters. The number of halogens is 6. The van der Waals surface area contributed by atoms with Crippen LogP contribution in [0.3, 0.4) is 0 Å². The molecule has 0 bridgehead atoms. The summed E-state index contributed by atoms with van der Waals surface area (Å²) in [6, 6.07) is 11.9. The average Bonchev–Trinajstić information content (AvgIpc) is 3.00. The van der Waals surface area contributed by atoms with Crippen LogP contribution in [-0.4, -0.2) is 28.8 Å². The minimum absolute atomic E-state index is 0.107. The van der Waals surface area contributed by atoms with Crippen LogP contribution in [-0.2, 0) is 0 Å². The Labute approximate surface area is 172 Å². The Morgan fingerprint density at radius 3 is 1.96 bits per heavy atom. The molecule has 0 aromatic heterocycles. The molecule has 150 valence electrons. The van der Waals surface area contributed by atoms with Crippen molar-refractivity contribution in [3.63, 3.8) is 0 Å². The number of methoxy groups -OCH3 is 1. The lowest BCUT2D eigenvalue weighted by Crippen LogP contribution is -2.97. The number of ether oxygens (including phenoxy) is 3. The summed E-state index contributed by atoms with van der Waals surface area (Å²) in [5, 5.41) is 2.21. The molecular weight excluding hydrogens is 444 g/mol. The number of anilines is 1. The van der Waals surface area contributed by atoms with E-state index in [0.29, 0.717) is 5.75 Å². The standard InChI is InChI=1S/C17H12Cl3F3N2O3/c1-26-11-8-6-10(7-9-11)24-14(15(21,22)23)25-17(16(18,19)20)27-12-4-2-3-5-13(12)28-17/h2-9H,1H3,(H,24,25)/p+1. The van der Waals surface area contributed by atoms with E-state index in [1.807, 2.05) is 4.99 Å². The van der Waals surface area contributed by atoms with Gasteiger partial charge >= 0.3 is 21.7 Å². The third-order valence-electron chi connectivity index (χ3n) is 3.66. The Hall–Kier alpha value is -2.03. The zero-order valence-electron chi connectivity index (χ0n) is 14.1. The van der Waals surface area contributed by atoms with Gasteiger partial charge in [0.1, 0.15) is 11.4 Å². The minimum Gasteiger partial charge on any atom is -0.497 e. The van der Waals surface area contributed by atoms with Crippen molar-refractivity contribution in [1.82, 2.24) is 0 Å². The van der Waals surface area contributed by atoms with Crippen LogP contribution in [0.15, 0.2) is 48.5 Å². The fourth-order valence-corrected chi connectivity index (χ4v) is 2.72. The zero-order chi connectivity index (χ0) is 20.6. The fourth-order valence-electron chi connectivity index (χ4n) is 2.34. The van der Waals surface area contributed by atoms with Gasteiger partial charge in [-0.3, -0.25) is 0 Å². The first-order valence-corrected chi connectivity index (χ1v) is 8.85. The van der Waals surface area contributed by atoms with Gasteiger partial charge < -0.3 is 14.2 Å². The minimum atomic E-state index is -4.87. The van der Waals surface area contributed by atoms with Crippen LogP contribution >= 0.6 is 34.8 Å². The number of rotatable bonds is 3. The van der Waals surface area contributed by atoms with Crippen LogP contribution in [0.4, 0.5) is 18.9 Å². The van der Waals surface area contributed by atoms with Crippen LogP contribution in [0, 0.1) is 0 Å². The molecule has 28 heavy (non-hydrogen) atoms. The van der Waals surface area contributed by atoms with E-state index >= 15 is 0 Å². The van der Waals surface area contributed by atoms with E-state index in [1.165, 1.54) is 43.5 Å². The molecule has 2 aromatic rings. The molecule has 0 saturated carbocycles. The third kappa shape index (κ3) is 4.19. The first-order valence-electron chi connectivity index (χ1n) is 7.71. The average molecular weight is 457 g/mol. The van der Waals surface area contributed by atoms with E-state index in [2.05, 4.69) is 5.32 Å². The second kappa shape index (κ2) is 7.42. The molecule has 0 saturated heterocycles. The molecule has 1 heterocycles. The highest BCUT2D eigenvalue weighted by Gasteiger charge is 2.63. The first-order chi connectivity index (χ1) is 13.0. The van der Waals surface area contributed by atoms with Crippen molar-refractivity contribution in [2.24, 2.45) is 0 Å². The third-order valence-corrected chi connectivity index (χ3v) is 4.41. The van der Waals surface area contributed by atoms with Gasteiger partial charge in [-0.2, -0.15) is 18.2 Å². The molecule has 0 radical (unpaired) electrons. The summed E-state index contributed by atoms with van der Waals surface area (Å²) in [6.45, 7) is 0. The quantitative estimate of drug-likeness (QED) is 0.421. The maximum absolute atomic E-state index is 13.7. The molecule has 11 heteroatoms. The Balaban J connectivity index is 2.02. The number of amidine groups is 1. The summed E-state index contributed by atoms with van der Waals surface area (Å²) in [6.07, 6.45) is -4.87. The van der Waals surface area contributed by atoms with Crippen molar-refractivity contribution in [2.45, 2.75) is 15.9 Å². The highest BCUT2D eigenvalue weighted by molar-refractivity contribution is 6.68. The van der Waals surface area contributed by atoms with Gasteiger partial charge in [0.05, 0.1) is 7.11 Å². The molecule has 1 aliphatic rings. The summed E-state index contributed by atoms with van der Waals surface area (Å²) >= 11 is 17.7. The van der Waals surface area contributed by atoms with E-state index in [9.17, 15) is 13.2 Å². The number of hydrogen-bond donors (Lipinski definition) is 2. The predicted octanol–water partition coefficient (Wildman–Crippen LogP) is 3.64. The Morgan fingerprint density at radius 1 is 1.00 bits per heavy atom. The Kier molecular flexibility index (Phi) is 5.49. The molecule has 3 rings (SSSR count). The van der Waals surface area contributed by atoms with Crippen molar-refractivity contribution in [2.75, 3.05) is 12.4 Å². The molecule has 0 fully saturated rings. The summed E-state index contributed by atoms with van der Waals surface area (Å²) in [5.74, 6) is -3.09. The second-order valence-electron chi connectivity index (χ2n) is 5.62. The van der Waals surface area contributed by atoms with Gasteiger partial charge in [-0.15, -0.1) is 0 Å². The molecule has 5 nitrogen and oxygen atoms in total. The monoisotopic (exact) mass is 455 g/mol. The lowest BCUT2D eigenvalue weighted by molar-refractivity contribution is -0.652. The number of nitrogens with one attached hydrogen (secondary N) is 2. The lowest BCUT2D eigenvalue weighted by Gasteiger charge is -2.27. The molecule has 2 aromatic carbocycles. The van der Waals surface area contributed by atoms with Gasteiger partial charge in [0, 0.05) is 0 Å². The molecule has 2 N–H and O–H groups in total. The van der Waals surface area contributed by atoms with Crippen LogP contribution in [0.1, 0.15) is 0 Å². The number of fused-ring (bicyclic) bond motifs is 1. The maximum Gasteiger partial charge on any atom is 0.494 e. The SMILES string of the molecule is COc1ccc(NC(=[NH+]C2(C(Cl)(Cl)Cl)Oc3ccccc3O2)C(F)(F)F)cc1. The molecule has 0 atom stereocenters. The summed E-state index contributed by atoms with van der Waals surface area (Å²) < 4.78 is 54.4. The van der Waals surface area contributed by atoms with Gasteiger partial charge in [0.15, 0.2) is 11.5 Å². The van der Waals surface area contributed by atoms with Crippen molar-refractivity contribution in [3.8, 4) is 17.2 Å². The zero-order valence-corrected chi connectivity index (χ0v) is 16.4. The van der Waals surface area contributed by atoms with E-state index in [1.54, 1.807) is 12.1 Å². The van der Waals surface area contributed by atoms with Crippen molar-refractivity contribution < 1.29 is 32.4 Å². The summed E-state index contributed by atoms with van der Waals surface area (Å²) in [7, 11) is 1.44. The number of alkyl halides is 6. The van der Waals surface area contributed by atoms with Crippen molar-refractivity contribution in [1.29, 1.82) is 0 Å². The van der Waals surface area contributed by atoms with Gasteiger partial charge in [0.25, 0.3) is 0 Å². The van der Waals surface area contributed by atoms with Crippen LogP contribution in [0.2, 0.25) is 0 Å². The van der Waals surface area contributed by atoms with Crippen LogP contribution in [0.25, 0.3) is 0 Å². The lowest BCUT2D eigenvalue weighted by atomic mass is 10.3. The van der Waals surface area contributed by atoms with E-state index < -0.39 is 21.7 Å². The topological polar surface area (TPSA) is 53.7 Å². The van der Waals surface area contributed by atoms with Crippen LogP contribution < -0.4 is 24.5 Å². The van der Waals surface area contributed by atoms with Gasteiger partial charge in [-0.05, 0) is 36.4 Å². The van der Waals surface area contributed by atoms with Crippen molar-refractivity contribution >= 4 is 46.3 Å². The number of hydrogen-bond acceptors (Lipinski definition) is 3. The van der Waals surface area contributed by atoms with Gasteiger partial charge in [0.2, 0.25) is 0 Å². The smallest absolute Gasteiger partial charge is 0.494 e. The van der Waals surface area contributed by atoms with E-state index in [4.69, 9.17) is 49.0 Å². The summed E-state index contributed by atoms with van der Waals surface area (Å²) in [4.78, 5) is 2.04. The van der Waals surface area contributed by atoms with Crippen molar-refractivity contribution in [3.05, 3.63) is 48.5 Å². The predicted molar refractivity (Wildman–Crippen MR) is 99.4 cm³/mol. The molecule has 0 amide bonds. The molecule has 1 aliphatic heterocycles. The van der Waals surface area contributed by atoms with Crippen LogP contribution in [0.5, 0.6) is 17.2 Å². The first kappa shape index (κ1) is 20.7.